The van der Waals surface area contributed by atoms with Gasteiger partial charge in [0.05, 0.1) is 24.3 Å². The third kappa shape index (κ3) is 5.67. The van der Waals surface area contributed by atoms with Crippen molar-refractivity contribution in [2.45, 2.75) is 19.6 Å². The van der Waals surface area contributed by atoms with E-state index in [4.69, 9.17) is 4.42 Å². The van der Waals surface area contributed by atoms with E-state index in [9.17, 15) is 18.0 Å². The molecule has 158 valence electrons. The summed E-state index contributed by atoms with van der Waals surface area (Å²) < 4.78 is 45.8. The van der Waals surface area contributed by atoms with Crippen molar-refractivity contribution in [1.82, 2.24) is 15.1 Å². The molecule has 1 amide bonds. The first-order valence-electron chi connectivity index (χ1n) is 9.03. The molecule has 30 heavy (non-hydrogen) atoms. The number of nitrogens with zero attached hydrogens (tertiary/aromatic N) is 3. The molecule has 0 spiro atoms. The van der Waals surface area contributed by atoms with E-state index < -0.39 is 17.6 Å². The van der Waals surface area contributed by atoms with Crippen molar-refractivity contribution in [3.8, 4) is 11.5 Å². The lowest BCUT2D eigenvalue weighted by Crippen LogP contribution is -2.33. The molecule has 2 aromatic carbocycles. The maximum Gasteiger partial charge on any atom is 0.418 e. The van der Waals surface area contributed by atoms with E-state index in [1.54, 1.807) is 4.90 Å². The van der Waals surface area contributed by atoms with Gasteiger partial charge in [0.25, 0.3) is 0 Å². The maximum atomic E-state index is 13.1. The number of likely N-dealkylation sites (N-methyl/N-ethyl adjacent to an activating group) is 1. The van der Waals surface area contributed by atoms with Crippen molar-refractivity contribution in [2.24, 2.45) is 0 Å². The van der Waals surface area contributed by atoms with E-state index in [1.165, 1.54) is 18.2 Å². The van der Waals surface area contributed by atoms with Crippen LogP contribution in [-0.4, -0.2) is 34.1 Å². The molecule has 0 saturated carbocycles. The zero-order chi connectivity index (χ0) is 21.7. The van der Waals surface area contributed by atoms with Crippen LogP contribution in [0, 0.1) is 0 Å². The van der Waals surface area contributed by atoms with Gasteiger partial charge in [0.15, 0.2) is 0 Å². The number of aromatic nitrogens is 2. The number of halogens is 4. The average Bonchev–Trinajstić information content (AvgIpc) is 3.15. The van der Waals surface area contributed by atoms with Gasteiger partial charge in [0, 0.05) is 10.0 Å². The van der Waals surface area contributed by atoms with Crippen molar-refractivity contribution in [1.29, 1.82) is 0 Å². The van der Waals surface area contributed by atoms with Crippen molar-refractivity contribution < 1.29 is 22.4 Å². The van der Waals surface area contributed by atoms with Gasteiger partial charge in [-0.25, -0.2) is 0 Å². The first-order valence-corrected chi connectivity index (χ1v) is 9.82. The first kappa shape index (κ1) is 22.0. The Morgan fingerprint density at radius 3 is 2.63 bits per heavy atom. The number of carbonyl (C=O) groups is 1. The highest BCUT2D eigenvalue weighted by Crippen LogP contribution is 2.34. The fraction of sp³-hybridized carbons (Fsp3) is 0.250. The first-order chi connectivity index (χ1) is 14.3. The minimum Gasteiger partial charge on any atom is -0.419 e. The number of hydrogen-bond acceptors (Lipinski definition) is 5. The molecule has 0 fully saturated rings. The van der Waals surface area contributed by atoms with E-state index >= 15 is 0 Å². The number of para-hydroxylation sites is 1. The van der Waals surface area contributed by atoms with Crippen molar-refractivity contribution in [3.63, 3.8) is 0 Å². The molecule has 0 aliphatic heterocycles. The van der Waals surface area contributed by atoms with Crippen LogP contribution in [0.5, 0.6) is 0 Å². The molecule has 10 heteroatoms. The van der Waals surface area contributed by atoms with Gasteiger partial charge in [-0.05, 0) is 36.9 Å². The minimum absolute atomic E-state index is 0.128. The van der Waals surface area contributed by atoms with Gasteiger partial charge in [-0.2, -0.15) is 13.2 Å². The summed E-state index contributed by atoms with van der Waals surface area (Å²) >= 11 is 3.38. The van der Waals surface area contributed by atoms with E-state index in [-0.39, 0.29) is 18.8 Å². The second-order valence-electron chi connectivity index (χ2n) is 6.41. The van der Waals surface area contributed by atoms with E-state index in [0.717, 1.165) is 16.1 Å². The van der Waals surface area contributed by atoms with Crippen LogP contribution in [-0.2, 0) is 17.5 Å². The molecule has 0 aliphatic carbocycles. The van der Waals surface area contributed by atoms with Crippen LogP contribution >= 0.6 is 15.9 Å². The lowest BCUT2D eigenvalue weighted by atomic mass is 10.1. The highest BCUT2D eigenvalue weighted by molar-refractivity contribution is 9.10. The van der Waals surface area contributed by atoms with Gasteiger partial charge in [-0.1, -0.05) is 41.1 Å². The second-order valence-corrected chi connectivity index (χ2v) is 7.32. The largest absolute Gasteiger partial charge is 0.419 e. The van der Waals surface area contributed by atoms with Crippen molar-refractivity contribution >= 4 is 27.5 Å². The summed E-state index contributed by atoms with van der Waals surface area (Å²) in [4.78, 5) is 14.0. The Balaban J connectivity index is 1.65. The molecule has 3 aromatic rings. The monoisotopic (exact) mass is 482 g/mol. The predicted octanol–water partition coefficient (Wildman–Crippen LogP) is 4.98. The zero-order valence-electron chi connectivity index (χ0n) is 15.9. The molecule has 1 heterocycles. The van der Waals surface area contributed by atoms with Crippen LogP contribution in [0.1, 0.15) is 18.4 Å². The number of nitrogens with one attached hydrogen (secondary N) is 1. The third-order valence-electron chi connectivity index (χ3n) is 4.22. The number of amides is 1. The second kappa shape index (κ2) is 9.40. The summed E-state index contributed by atoms with van der Waals surface area (Å²) in [5, 5.41) is 10.3. The van der Waals surface area contributed by atoms with Gasteiger partial charge < -0.3 is 9.73 Å². The lowest BCUT2D eigenvalue weighted by molar-refractivity contribution is -0.137. The number of rotatable bonds is 7. The summed E-state index contributed by atoms with van der Waals surface area (Å²) in [7, 11) is 0. The van der Waals surface area contributed by atoms with Crippen LogP contribution in [0.2, 0.25) is 0 Å². The highest BCUT2D eigenvalue weighted by Gasteiger charge is 2.33. The SMILES string of the molecule is CCN(CC(=O)Nc1ccccc1C(F)(F)F)Cc1nnc(-c2cccc(Br)c2)o1. The van der Waals surface area contributed by atoms with Crippen LogP contribution in [0.3, 0.4) is 0 Å². The van der Waals surface area contributed by atoms with E-state index in [2.05, 4.69) is 31.4 Å². The quantitative estimate of drug-likeness (QED) is 0.514. The summed E-state index contributed by atoms with van der Waals surface area (Å²) in [5.41, 5.74) is -0.426. The molecule has 0 unspecified atom stereocenters. The van der Waals surface area contributed by atoms with Crippen LogP contribution in [0.4, 0.5) is 18.9 Å². The van der Waals surface area contributed by atoms with Crippen LogP contribution in [0.25, 0.3) is 11.5 Å². The topological polar surface area (TPSA) is 71.3 Å². The number of alkyl halides is 3. The number of anilines is 1. The molecule has 0 atom stereocenters. The molecular weight excluding hydrogens is 465 g/mol. The smallest absolute Gasteiger partial charge is 0.418 e. The Bertz CT molecular complexity index is 1020. The third-order valence-corrected chi connectivity index (χ3v) is 4.71. The van der Waals surface area contributed by atoms with Gasteiger partial charge in [-0.3, -0.25) is 9.69 Å². The van der Waals surface area contributed by atoms with Crippen LogP contribution < -0.4 is 5.32 Å². The van der Waals surface area contributed by atoms with Gasteiger partial charge in [0.1, 0.15) is 0 Å². The molecule has 0 aliphatic rings. The van der Waals surface area contributed by atoms with Gasteiger partial charge in [-0.15, -0.1) is 10.2 Å². The molecule has 0 saturated heterocycles. The summed E-state index contributed by atoms with van der Waals surface area (Å²) in [6, 6.07) is 12.2. The Morgan fingerprint density at radius 2 is 1.93 bits per heavy atom. The average molecular weight is 483 g/mol. The minimum atomic E-state index is -4.55. The highest BCUT2D eigenvalue weighted by atomic mass is 79.9. The molecular formula is C20H18BrF3N4O2. The van der Waals surface area contributed by atoms with Crippen molar-refractivity contribution in [2.75, 3.05) is 18.4 Å². The fourth-order valence-corrected chi connectivity index (χ4v) is 3.16. The van der Waals surface area contributed by atoms with Gasteiger partial charge in [0.2, 0.25) is 17.7 Å². The van der Waals surface area contributed by atoms with E-state index in [0.29, 0.717) is 18.3 Å². The maximum absolute atomic E-state index is 13.1. The molecule has 3 rings (SSSR count). The molecule has 1 aromatic heterocycles. The Morgan fingerprint density at radius 1 is 1.17 bits per heavy atom. The van der Waals surface area contributed by atoms with Crippen molar-refractivity contribution in [3.05, 3.63) is 64.5 Å². The Kier molecular flexibility index (Phi) is 6.88. The van der Waals surface area contributed by atoms with Crippen LogP contribution in [0.15, 0.2) is 57.4 Å². The molecule has 0 radical (unpaired) electrons. The fourth-order valence-electron chi connectivity index (χ4n) is 2.76. The number of hydrogen-bond donors (Lipinski definition) is 1. The number of benzene rings is 2. The normalized spacial score (nSPS) is 11.7. The standard InChI is InChI=1S/C20H18BrF3N4O2/c1-2-28(11-17(29)25-16-9-4-3-8-15(16)20(22,23)24)12-18-26-27-19(30-18)13-6-5-7-14(21)10-13/h3-10H,2,11-12H2,1H3,(H,25,29). The molecule has 0 bridgehead atoms. The summed E-state index contributed by atoms with van der Waals surface area (Å²) in [6.45, 7) is 2.34. The predicted molar refractivity (Wildman–Crippen MR) is 108 cm³/mol. The number of carbonyl (C=O) groups excluding carboxylic acids is 1. The lowest BCUT2D eigenvalue weighted by Gasteiger charge is -2.19. The Hall–Kier alpha value is -2.72. The summed E-state index contributed by atoms with van der Waals surface area (Å²) in [6.07, 6.45) is -4.55. The zero-order valence-corrected chi connectivity index (χ0v) is 17.5. The molecule has 1 N–H and O–H groups in total. The molecule has 6 nitrogen and oxygen atoms in total. The Labute approximate surface area is 179 Å². The van der Waals surface area contributed by atoms with E-state index in [1.807, 2.05) is 31.2 Å². The van der Waals surface area contributed by atoms with Gasteiger partial charge >= 0.3 is 6.18 Å². The summed E-state index contributed by atoms with van der Waals surface area (Å²) in [5.74, 6) is 0.0708.